The van der Waals surface area contributed by atoms with Crippen molar-refractivity contribution in [1.82, 2.24) is 9.80 Å². The van der Waals surface area contributed by atoms with Gasteiger partial charge in [-0.3, -0.25) is 4.90 Å². The number of hydrogen-bond donors (Lipinski definition) is 1. The predicted molar refractivity (Wildman–Crippen MR) is 81.1 cm³/mol. The Morgan fingerprint density at radius 2 is 1.67 bits per heavy atom. The van der Waals surface area contributed by atoms with Gasteiger partial charge in [-0.2, -0.15) is 0 Å². The Bertz CT molecular complexity index is 400. The molecule has 0 aromatic heterocycles. The monoisotopic (exact) mass is 296 g/mol. The van der Waals surface area contributed by atoms with E-state index < -0.39 is 0 Å². The summed E-state index contributed by atoms with van der Waals surface area (Å²) < 4.78 is 18.4. The fraction of sp³-hybridized carbons (Fsp3) is 0.625. The van der Waals surface area contributed by atoms with Crippen LogP contribution in [0.4, 0.5) is 4.39 Å². The smallest absolute Gasteiger partial charge is 0.123 e. The highest BCUT2D eigenvalue weighted by molar-refractivity contribution is 5.21. The molecular formula is C16H25FN2O2. The summed E-state index contributed by atoms with van der Waals surface area (Å²) in [4.78, 5) is 4.76. The molecule has 1 aliphatic heterocycles. The number of halogens is 1. The zero-order valence-electron chi connectivity index (χ0n) is 12.5. The molecule has 118 valence electrons. The summed E-state index contributed by atoms with van der Waals surface area (Å²) >= 11 is 0. The Hall–Kier alpha value is -1.17. The van der Waals surface area contributed by atoms with E-state index in [1.807, 2.05) is 0 Å². The van der Waals surface area contributed by atoms with Crippen LogP contribution in [0.3, 0.4) is 0 Å². The van der Waals surface area contributed by atoms with Crippen molar-refractivity contribution in [3.05, 3.63) is 30.1 Å². The normalized spacial score (nSPS) is 17.6. The van der Waals surface area contributed by atoms with Crippen LogP contribution in [0.1, 0.15) is 12.8 Å². The maximum Gasteiger partial charge on any atom is 0.123 e. The van der Waals surface area contributed by atoms with Crippen LogP contribution in [-0.4, -0.2) is 67.4 Å². The van der Waals surface area contributed by atoms with Crippen LogP contribution < -0.4 is 4.74 Å². The molecule has 0 radical (unpaired) electrons. The average molecular weight is 296 g/mol. The lowest BCUT2D eigenvalue weighted by Crippen LogP contribution is -2.33. The highest BCUT2D eigenvalue weighted by Crippen LogP contribution is 2.11. The molecule has 1 heterocycles. The highest BCUT2D eigenvalue weighted by atomic mass is 19.1. The van der Waals surface area contributed by atoms with Gasteiger partial charge in [0, 0.05) is 26.2 Å². The summed E-state index contributed by atoms with van der Waals surface area (Å²) in [5, 5.41) is 8.98. The third kappa shape index (κ3) is 5.99. The van der Waals surface area contributed by atoms with Crippen molar-refractivity contribution in [2.75, 3.05) is 52.5 Å². The van der Waals surface area contributed by atoms with Crippen molar-refractivity contribution in [1.29, 1.82) is 0 Å². The lowest BCUT2D eigenvalue weighted by Gasteiger charge is -2.21. The zero-order valence-corrected chi connectivity index (χ0v) is 12.5. The Labute approximate surface area is 126 Å². The van der Waals surface area contributed by atoms with Gasteiger partial charge < -0.3 is 14.7 Å². The van der Waals surface area contributed by atoms with E-state index in [2.05, 4.69) is 9.80 Å². The van der Waals surface area contributed by atoms with Crippen LogP contribution in [0, 0.1) is 5.82 Å². The minimum Gasteiger partial charge on any atom is -0.494 e. The summed E-state index contributed by atoms with van der Waals surface area (Å²) in [6, 6.07) is 6.15. The first-order chi connectivity index (χ1) is 10.3. The number of benzene rings is 1. The van der Waals surface area contributed by atoms with E-state index in [9.17, 15) is 4.39 Å². The molecule has 1 N–H and O–H groups in total. The number of aliphatic hydroxyl groups is 1. The molecule has 0 saturated carbocycles. The fourth-order valence-electron chi connectivity index (χ4n) is 2.62. The van der Waals surface area contributed by atoms with E-state index in [1.165, 1.54) is 12.1 Å². The van der Waals surface area contributed by atoms with Crippen molar-refractivity contribution in [3.8, 4) is 5.75 Å². The van der Waals surface area contributed by atoms with E-state index >= 15 is 0 Å². The number of nitrogens with zero attached hydrogens (tertiary/aromatic N) is 2. The molecule has 0 spiro atoms. The van der Waals surface area contributed by atoms with Gasteiger partial charge in [-0.25, -0.2) is 4.39 Å². The number of rotatable bonds is 7. The number of β-amino-alcohol motifs (C(OH)–C–C–N with tert-alkyl or cyclic N) is 1. The van der Waals surface area contributed by atoms with Gasteiger partial charge in [-0.1, -0.05) is 0 Å². The minimum absolute atomic E-state index is 0.237. The van der Waals surface area contributed by atoms with Crippen molar-refractivity contribution < 1.29 is 14.2 Å². The molecule has 21 heavy (non-hydrogen) atoms. The largest absolute Gasteiger partial charge is 0.494 e. The van der Waals surface area contributed by atoms with Gasteiger partial charge >= 0.3 is 0 Å². The summed E-state index contributed by atoms with van der Waals surface area (Å²) in [6.07, 6.45) is 2.12. The van der Waals surface area contributed by atoms with Crippen molar-refractivity contribution in [2.45, 2.75) is 12.8 Å². The molecule has 0 aliphatic carbocycles. The van der Waals surface area contributed by atoms with Crippen molar-refractivity contribution in [2.24, 2.45) is 0 Å². The van der Waals surface area contributed by atoms with E-state index in [0.29, 0.717) is 6.61 Å². The Balaban J connectivity index is 1.61. The molecule has 1 aromatic rings. The second-order valence-electron chi connectivity index (χ2n) is 5.42. The van der Waals surface area contributed by atoms with E-state index in [-0.39, 0.29) is 12.4 Å². The summed E-state index contributed by atoms with van der Waals surface area (Å²) in [6.45, 7) is 6.96. The van der Waals surface area contributed by atoms with Gasteiger partial charge in [0.25, 0.3) is 0 Å². The second-order valence-corrected chi connectivity index (χ2v) is 5.42. The molecule has 0 atom stereocenters. The molecule has 2 rings (SSSR count). The number of aliphatic hydroxyl groups excluding tert-OH is 1. The molecule has 1 fully saturated rings. The van der Waals surface area contributed by atoms with E-state index in [0.717, 1.165) is 57.9 Å². The van der Waals surface area contributed by atoms with E-state index in [4.69, 9.17) is 9.84 Å². The van der Waals surface area contributed by atoms with E-state index in [1.54, 1.807) is 12.1 Å². The third-order valence-electron chi connectivity index (χ3n) is 3.80. The molecule has 1 aliphatic rings. The van der Waals surface area contributed by atoms with Crippen LogP contribution in [0.25, 0.3) is 0 Å². The summed E-state index contributed by atoms with van der Waals surface area (Å²) in [7, 11) is 0. The number of ether oxygens (including phenoxy) is 1. The summed E-state index contributed by atoms with van der Waals surface area (Å²) in [5.41, 5.74) is 0. The lowest BCUT2D eigenvalue weighted by molar-refractivity contribution is 0.194. The zero-order chi connectivity index (χ0) is 14.9. The molecular weight excluding hydrogens is 271 g/mol. The van der Waals surface area contributed by atoms with Gasteiger partial charge in [0.2, 0.25) is 0 Å². The topological polar surface area (TPSA) is 35.9 Å². The van der Waals surface area contributed by atoms with Crippen LogP contribution in [0.2, 0.25) is 0 Å². The molecule has 1 aromatic carbocycles. The third-order valence-corrected chi connectivity index (χ3v) is 3.80. The Morgan fingerprint density at radius 3 is 2.33 bits per heavy atom. The minimum atomic E-state index is -0.237. The Kier molecular flexibility index (Phi) is 6.92. The first-order valence-corrected chi connectivity index (χ1v) is 7.72. The molecule has 0 bridgehead atoms. The first-order valence-electron chi connectivity index (χ1n) is 7.72. The molecule has 5 heteroatoms. The van der Waals surface area contributed by atoms with Crippen molar-refractivity contribution in [3.63, 3.8) is 0 Å². The van der Waals surface area contributed by atoms with Crippen LogP contribution in [-0.2, 0) is 0 Å². The van der Waals surface area contributed by atoms with Crippen LogP contribution in [0.15, 0.2) is 24.3 Å². The highest BCUT2D eigenvalue weighted by Gasteiger charge is 2.13. The average Bonchev–Trinajstić information content (AvgIpc) is 2.71. The maximum absolute atomic E-state index is 12.8. The van der Waals surface area contributed by atoms with Crippen LogP contribution >= 0.6 is 0 Å². The Morgan fingerprint density at radius 1 is 1.00 bits per heavy atom. The van der Waals surface area contributed by atoms with Gasteiger partial charge in [-0.15, -0.1) is 0 Å². The second kappa shape index (κ2) is 8.97. The lowest BCUT2D eigenvalue weighted by atomic mass is 10.3. The summed E-state index contributed by atoms with van der Waals surface area (Å²) in [5.74, 6) is 0.487. The van der Waals surface area contributed by atoms with Gasteiger partial charge in [-0.05, 0) is 50.2 Å². The first kappa shape index (κ1) is 16.2. The molecule has 0 amide bonds. The SMILES string of the molecule is OCCN1CCCN(CCCOc2ccc(F)cc2)CC1. The predicted octanol–water partition coefficient (Wildman–Crippen LogP) is 1.59. The van der Waals surface area contributed by atoms with Gasteiger partial charge in [0.1, 0.15) is 11.6 Å². The standard InChI is InChI=1S/C16H25FN2O2/c17-15-3-5-16(6-4-15)21-14-2-9-18-7-1-8-19(11-10-18)12-13-20/h3-6,20H,1-2,7-14H2. The van der Waals surface area contributed by atoms with Crippen LogP contribution in [0.5, 0.6) is 5.75 Å². The number of hydrogen-bond acceptors (Lipinski definition) is 4. The maximum atomic E-state index is 12.8. The molecule has 0 unspecified atom stereocenters. The molecule has 1 saturated heterocycles. The molecule has 4 nitrogen and oxygen atoms in total. The van der Waals surface area contributed by atoms with Gasteiger partial charge in [0.15, 0.2) is 0 Å². The van der Waals surface area contributed by atoms with Crippen molar-refractivity contribution >= 4 is 0 Å². The van der Waals surface area contributed by atoms with Gasteiger partial charge in [0.05, 0.1) is 13.2 Å². The fourth-order valence-corrected chi connectivity index (χ4v) is 2.62. The quantitative estimate of drug-likeness (QED) is 0.775.